The second-order valence-electron chi connectivity index (χ2n) is 10.1. The van der Waals surface area contributed by atoms with Crippen LogP contribution in [-0.4, -0.2) is 49.4 Å². The van der Waals surface area contributed by atoms with Crippen LogP contribution in [0.5, 0.6) is 11.5 Å². The van der Waals surface area contributed by atoms with Crippen molar-refractivity contribution in [2.45, 2.75) is 12.8 Å². The Morgan fingerprint density at radius 2 is 0.951 bits per heavy atom. The molecule has 0 spiro atoms. The first kappa shape index (κ1) is 26.1. The highest BCUT2D eigenvalue weighted by molar-refractivity contribution is 6.37. The highest BCUT2D eigenvalue weighted by Gasteiger charge is 2.70. The number of carbonyl (C=O) groups is 6. The average Bonchev–Trinajstić information content (AvgIpc) is 3.54. The minimum Gasteiger partial charge on any atom is -0.497 e. The molecule has 2 heterocycles. The van der Waals surface area contributed by atoms with Crippen LogP contribution in [0.25, 0.3) is 0 Å². The van der Waals surface area contributed by atoms with Gasteiger partial charge < -0.3 is 9.47 Å². The van der Waals surface area contributed by atoms with Crippen LogP contribution in [0.2, 0.25) is 0 Å². The zero-order chi connectivity index (χ0) is 29.1. The van der Waals surface area contributed by atoms with E-state index in [1.165, 1.54) is 50.6 Å². The number of nitrogens with zero attached hydrogens (tertiary/aromatic N) is 2. The number of carbonyl (C=O) groups excluding carboxylic acids is 6. The number of Topliss-reactive ketones (excluding diaryl/α,β-unsaturated/α-hetero) is 2. The van der Waals surface area contributed by atoms with Gasteiger partial charge in [-0.1, -0.05) is 24.3 Å². The molecule has 0 unspecified atom stereocenters. The third-order valence-corrected chi connectivity index (χ3v) is 8.22. The predicted molar refractivity (Wildman–Crippen MR) is 145 cm³/mol. The molecule has 41 heavy (non-hydrogen) atoms. The number of benzene rings is 3. The van der Waals surface area contributed by atoms with Gasteiger partial charge in [-0.05, 0) is 48.5 Å². The molecular weight excluding hydrogens is 528 g/mol. The van der Waals surface area contributed by atoms with Crippen LogP contribution in [0, 0.1) is 17.3 Å². The molecule has 3 aliphatic rings. The summed E-state index contributed by atoms with van der Waals surface area (Å²) in [4.78, 5) is 85.0. The number of rotatable bonds is 6. The van der Waals surface area contributed by atoms with Crippen molar-refractivity contribution in [3.63, 3.8) is 0 Å². The maximum atomic E-state index is 14.2. The molecule has 2 atom stereocenters. The molecule has 10 nitrogen and oxygen atoms in total. The number of hydrogen-bond acceptors (Lipinski definition) is 8. The Bertz CT molecular complexity index is 1520. The Balaban J connectivity index is 1.46. The quantitative estimate of drug-likeness (QED) is 0.337. The van der Waals surface area contributed by atoms with Gasteiger partial charge in [-0.15, -0.1) is 0 Å². The maximum absolute atomic E-state index is 14.2. The van der Waals surface area contributed by atoms with Gasteiger partial charge in [0, 0.05) is 24.0 Å². The second kappa shape index (κ2) is 9.51. The Kier molecular flexibility index (Phi) is 6.06. The first-order chi connectivity index (χ1) is 19.7. The van der Waals surface area contributed by atoms with Gasteiger partial charge in [0.1, 0.15) is 16.9 Å². The Morgan fingerprint density at radius 1 is 0.585 bits per heavy atom. The molecular formula is C31H24N2O8. The van der Waals surface area contributed by atoms with Crippen molar-refractivity contribution in [1.82, 2.24) is 0 Å². The van der Waals surface area contributed by atoms with Gasteiger partial charge in [0.15, 0.2) is 11.6 Å². The first-order valence-corrected chi connectivity index (χ1v) is 12.9. The van der Waals surface area contributed by atoms with Crippen molar-refractivity contribution < 1.29 is 38.2 Å². The summed E-state index contributed by atoms with van der Waals surface area (Å²) in [6.45, 7) is 0. The number of hydrogen-bond donors (Lipinski definition) is 0. The van der Waals surface area contributed by atoms with Crippen molar-refractivity contribution in [3.8, 4) is 11.5 Å². The number of ether oxygens (including phenoxy) is 2. The fourth-order valence-corrected chi connectivity index (χ4v) is 6.28. The molecule has 1 aliphatic carbocycles. The topological polar surface area (TPSA) is 127 Å². The number of ketones is 2. The van der Waals surface area contributed by atoms with Crippen molar-refractivity contribution in [1.29, 1.82) is 0 Å². The molecule has 2 fully saturated rings. The number of amides is 4. The molecule has 3 aromatic carbocycles. The average molecular weight is 553 g/mol. The van der Waals surface area contributed by atoms with Gasteiger partial charge in [0.2, 0.25) is 23.6 Å². The van der Waals surface area contributed by atoms with Gasteiger partial charge in [0.25, 0.3) is 0 Å². The van der Waals surface area contributed by atoms with Gasteiger partial charge in [0.05, 0.1) is 37.4 Å². The van der Waals surface area contributed by atoms with E-state index in [9.17, 15) is 28.8 Å². The van der Waals surface area contributed by atoms with Gasteiger partial charge >= 0.3 is 0 Å². The second-order valence-corrected chi connectivity index (χ2v) is 10.1. The summed E-state index contributed by atoms with van der Waals surface area (Å²) in [5, 5.41) is 0. The molecule has 2 saturated heterocycles. The standard InChI is InChI=1S/C31H24N2O8/c1-40-19-11-7-17(8-12-19)32-25(34)15-23(29(32)38)31(27(36)21-5-3-4-6-22(21)28(31)37)24-16-26(35)33(30(24)39)18-9-13-20(41-2)14-10-18/h3-14,23-24H,15-16H2,1-2H3/t23-,24-/m1/s1. The van der Waals surface area contributed by atoms with Crippen molar-refractivity contribution >= 4 is 46.6 Å². The van der Waals surface area contributed by atoms with Crippen LogP contribution >= 0.6 is 0 Å². The van der Waals surface area contributed by atoms with E-state index < -0.39 is 65.3 Å². The molecule has 4 amide bonds. The van der Waals surface area contributed by atoms with Crippen LogP contribution in [0.4, 0.5) is 11.4 Å². The van der Waals surface area contributed by atoms with Crippen molar-refractivity contribution in [3.05, 3.63) is 83.9 Å². The van der Waals surface area contributed by atoms with Crippen molar-refractivity contribution in [2.24, 2.45) is 17.3 Å². The number of methoxy groups -OCH3 is 2. The van der Waals surface area contributed by atoms with E-state index >= 15 is 0 Å². The van der Waals surface area contributed by atoms with Gasteiger partial charge in [-0.25, -0.2) is 0 Å². The molecule has 6 rings (SSSR count). The maximum Gasteiger partial charge on any atom is 0.238 e. The third-order valence-electron chi connectivity index (χ3n) is 8.22. The zero-order valence-electron chi connectivity index (χ0n) is 22.2. The van der Waals surface area contributed by atoms with E-state index in [0.717, 1.165) is 9.80 Å². The van der Waals surface area contributed by atoms with Crippen LogP contribution in [0.3, 0.4) is 0 Å². The fraction of sp³-hybridized carbons (Fsp3) is 0.226. The summed E-state index contributed by atoms with van der Waals surface area (Å²) < 4.78 is 10.3. The summed E-state index contributed by atoms with van der Waals surface area (Å²) in [5.41, 5.74) is -1.66. The lowest BCUT2D eigenvalue weighted by Crippen LogP contribution is -2.52. The minimum absolute atomic E-state index is 0.0591. The summed E-state index contributed by atoms with van der Waals surface area (Å²) in [6.07, 6.45) is -0.951. The molecule has 0 bridgehead atoms. The Morgan fingerprint density at radius 3 is 1.29 bits per heavy atom. The van der Waals surface area contributed by atoms with Gasteiger partial charge in [-0.3, -0.25) is 38.6 Å². The summed E-state index contributed by atoms with van der Waals surface area (Å²) in [6, 6.07) is 18.5. The fourth-order valence-electron chi connectivity index (χ4n) is 6.28. The predicted octanol–water partition coefficient (Wildman–Crippen LogP) is 3.23. The van der Waals surface area contributed by atoms with Gasteiger partial charge in [-0.2, -0.15) is 0 Å². The van der Waals surface area contributed by atoms with Crippen LogP contribution in [0.1, 0.15) is 33.6 Å². The molecule has 0 aromatic heterocycles. The molecule has 10 heteroatoms. The lowest BCUT2D eigenvalue weighted by atomic mass is 9.61. The third kappa shape index (κ3) is 3.63. The van der Waals surface area contributed by atoms with Crippen molar-refractivity contribution in [2.75, 3.05) is 24.0 Å². The SMILES string of the molecule is COc1ccc(N2C(=O)C[C@@H](C3([C@@H]4CC(=O)N(c5ccc(OC)cc5)C4=O)C(=O)c4ccccc4C3=O)C2=O)cc1. The lowest BCUT2D eigenvalue weighted by Gasteiger charge is -2.34. The molecule has 3 aromatic rings. The van der Waals surface area contributed by atoms with Crippen LogP contribution in [-0.2, 0) is 19.2 Å². The monoisotopic (exact) mass is 552 g/mol. The van der Waals surface area contributed by atoms with E-state index in [1.807, 2.05) is 0 Å². The molecule has 0 radical (unpaired) electrons. The van der Waals surface area contributed by atoms with E-state index in [0.29, 0.717) is 11.5 Å². The number of fused-ring (bicyclic) bond motifs is 1. The minimum atomic E-state index is -2.26. The molecule has 0 N–H and O–H groups in total. The largest absolute Gasteiger partial charge is 0.497 e. The summed E-state index contributed by atoms with van der Waals surface area (Å²) in [5.74, 6) is -6.22. The summed E-state index contributed by atoms with van der Waals surface area (Å²) >= 11 is 0. The van der Waals surface area contributed by atoms with E-state index in [2.05, 4.69) is 0 Å². The number of imide groups is 2. The normalized spacial score (nSPS) is 21.6. The van der Waals surface area contributed by atoms with Crippen LogP contribution < -0.4 is 19.3 Å². The smallest absolute Gasteiger partial charge is 0.238 e. The van der Waals surface area contributed by atoms with E-state index in [1.54, 1.807) is 36.4 Å². The molecule has 2 aliphatic heterocycles. The summed E-state index contributed by atoms with van der Waals surface area (Å²) in [7, 11) is 2.95. The highest BCUT2D eigenvalue weighted by Crippen LogP contribution is 2.55. The zero-order valence-corrected chi connectivity index (χ0v) is 22.2. The molecule has 206 valence electrons. The Labute approximate surface area is 234 Å². The van der Waals surface area contributed by atoms with Crippen LogP contribution in [0.15, 0.2) is 72.8 Å². The highest BCUT2D eigenvalue weighted by atomic mass is 16.5. The lowest BCUT2D eigenvalue weighted by molar-refractivity contribution is -0.127. The number of anilines is 2. The molecule has 0 saturated carbocycles. The van der Waals surface area contributed by atoms with E-state index in [4.69, 9.17) is 9.47 Å². The first-order valence-electron chi connectivity index (χ1n) is 12.9. The van der Waals surface area contributed by atoms with E-state index in [-0.39, 0.29) is 22.5 Å². The Hall–Kier alpha value is -5.12.